The van der Waals surface area contributed by atoms with Gasteiger partial charge in [0.05, 0.1) is 12.6 Å². The fourth-order valence-corrected chi connectivity index (χ4v) is 1.44. The Kier molecular flexibility index (Phi) is 4.97. The molecule has 1 atom stereocenters. The summed E-state index contributed by atoms with van der Waals surface area (Å²) >= 11 is 0. The zero-order valence-corrected chi connectivity index (χ0v) is 10.6. The highest BCUT2D eigenvalue weighted by Gasteiger charge is 2.12. The number of carbonyl (C=O) groups excluding carboxylic acids is 1. The average molecular weight is 236 g/mol. The van der Waals surface area contributed by atoms with E-state index < -0.39 is 6.04 Å². The lowest BCUT2D eigenvalue weighted by Crippen LogP contribution is -2.34. The molecular weight excluding hydrogens is 216 g/mol. The summed E-state index contributed by atoms with van der Waals surface area (Å²) in [6.45, 7) is 6.38. The van der Waals surface area contributed by atoms with Crippen molar-refractivity contribution in [1.29, 1.82) is 0 Å². The van der Waals surface area contributed by atoms with Crippen LogP contribution in [0.4, 0.5) is 5.69 Å². The van der Waals surface area contributed by atoms with Crippen LogP contribution in [-0.4, -0.2) is 18.6 Å². The minimum Gasteiger partial charge on any atom is -0.494 e. The number of nitrogens with one attached hydrogen (secondary N) is 1. The van der Waals surface area contributed by atoms with Gasteiger partial charge in [-0.05, 0) is 44.0 Å². The first-order chi connectivity index (χ1) is 8.08. The molecule has 94 valence electrons. The van der Waals surface area contributed by atoms with Crippen LogP contribution in [0.3, 0.4) is 0 Å². The van der Waals surface area contributed by atoms with E-state index in [1.807, 2.05) is 39.0 Å². The van der Waals surface area contributed by atoms with E-state index in [1.54, 1.807) is 0 Å². The third-order valence-electron chi connectivity index (χ3n) is 2.54. The van der Waals surface area contributed by atoms with Crippen LogP contribution >= 0.6 is 0 Å². The Bertz CT molecular complexity index is 391. The van der Waals surface area contributed by atoms with Crippen molar-refractivity contribution in [3.05, 3.63) is 23.8 Å². The van der Waals surface area contributed by atoms with E-state index >= 15 is 0 Å². The summed E-state index contributed by atoms with van der Waals surface area (Å²) in [5, 5.41) is 2.81. The molecule has 1 aromatic rings. The summed E-state index contributed by atoms with van der Waals surface area (Å²) in [6, 6.07) is 5.11. The molecule has 1 rings (SSSR count). The standard InChI is InChI=1S/C13H20N2O2/c1-4-11(14)13(16)15-12-7-6-10(17-5-2)8-9(12)3/h6-8,11H,4-5,14H2,1-3H3,(H,15,16)/t11-/m0/s1. The van der Waals surface area contributed by atoms with Crippen LogP contribution in [0.15, 0.2) is 18.2 Å². The van der Waals surface area contributed by atoms with Gasteiger partial charge in [-0.15, -0.1) is 0 Å². The van der Waals surface area contributed by atoms with Crippen molar-refractivity contribution >= 4 is 11.6 Å². The summed E-state index contributed by atoms with van der Waals surface area (Å²) in [4.78, 5) is 11.6. The predicted octanol–water partition coefficient (Wildman–Crippen LogP) is 2.07. The van der Waals surface area contributed by atoms with Gasteiger partial charge in [-0.25, -0.2) is 0 Å². The molecule has 0 spiro atoms. The molecular formula is C13H20N2O2. The molecule has 0 heterocycles. The highest BCUT2D eigenvalue weighted by atomic mass is 16.5. The second kappa shape index (κ2) is 6.25. The molecule has 0 saturated heterocycles. The molecule has 3 N–H and O–H groups in total. The maximum Gasteiger partial charge on any atom is 0.241 e. The van der Waals surface area contributed by atoms with Gasteiger partial charge in [-0.1, -0.05) is 6.92 Å². The van der Waals surface area contributed by atoms with Crippen molar-refractivity contribution < 1.29 is 9.53 Å². The van der Waals surface area contributed by atoms with Crippen LogP contribution in [0.25, 0.3) is 0 Å². The third kappa shape index (κ3) is 3.75. The van der Waals surface area contributed by atoms with Crippen LogP contribution in [-0.2, 0) is 4.79 Å². The van der Waals surface area contributed by atoms with E-state index in [9.17, 15) is 4.79 Å². The monoisotopic (exact) mass is 236 g/mol. The lowest BCUT2D eigenvalue weighted by Gasteiger charge is -2.13. The summed E-state index contributed by atoms with van der Waals surface area (Å²) in [6.07, 6.45) is 0.627. The molecule has 4 nitrogen and oxygen atoms in total. The minimum atomic E-state index is -0.457. The highest BCUT2D eigenvalue weighted by molar-refractivity contribution is 5.95. The Labute approximate surface area is 102 Å². The Morgan fingerprint density at radius 1 is 1.47 bits per heavy atom. The van der Waals surface area contributed by atoms with Gasteiger partial charge in [-0.2, -0.15) is 0 Å². The van der Waals surface area contributed by atoms with Gasteiger partial charge in [0.25, 0.3) is 0 Å². The highest BCUT2D eigenvalue weighted by Crippen LogP contribution is 2.21. The Hall–Kier alpha value is -1.55. The van der Waals surface area contributed by atoms with Crippen molar-refractivity contribution in [2.75, 3.05) is 11.9 Å². The number of carbonyl (C=O) groups is 1. The quantitative estimate of drug-likeness (QED) is 0.822. The van der Waals surface area contributed by atoms with Gasteiger partial charge in [0, 0.05) is 5.69 Å². The number of nitrogens with two attached hydrogens (primary N) is 1. The van der Waals surface area contributed by atoms with Crippen LogP contribution in [0.5, 0.6) is 5.75 Å². The van der Waals surface area contributed by atoms with Crippen molar-refractivity contribution in [3.63, 3.8) is 0 Å². The van der Waals surface area contributed by atoms with E-state index in [1.165, 1.54) is 0 Å². The van der Waals surface area contributed by atoms with Gasteiger partial charge in [0.1, 0.15) is 5.75 Å². The summed E-state index contributed by atoms with van der Waals surface area (Å²) in [5.41, 5.74) is 7.40. The van der Waals surface area contributed by atoms with Gasteiger partial charge < -0.3 is 15.8 Å². The summed E-state index contributed by atoms with van der Waals surface area (Å²) in [5.74, 6) is 0.655. The van der Waals surface area contributed by atoms with Crippen LogP contribution in [0, 0.1) is 6.92 Å². The lowest BCUT2D eigenvalue weighted by atomic mass is 10.1. The van der Waals surface area contributed by atoms with Crippen LogP contribution < -0.4 is 15.8 Å². The van der Waals surface area contributed by atoms with E-state index in [-0.39, 0.29) is 5.91 Å². The number of hydrogen-bond acceptors (Lipinski definition) is 3. The molecule has 0 aliphatic carbocycles. The van der Waals surface area contributed by atoms with Crippen LogP contribution in [0.2, 0.25) is 0 Å². The second-order valence-electron chi connectivity index (χ2n) is 3.91. The normalized spacial score (nSPS) is 12.0. The van der Waals surface area contributed by atoms with Crippen molar-refractivity contribution in [3.8, 4) is 5.75 Å². The molecule has 0 aromatic heterocycles. The second-order valence-corrected chi connectivity index (χ2v) is 3.91. The largest absolute Gasteiger partial charge is 0.494 e. The van der Waals surface area contributed by atoms with E-state index in [4.69, 9.17) is 10.5 Å². The van der Waals surface area contributed by atoms with Crippen molar-refractivity contribution in [1.82, 2.24) is 0 Å². The number of aryl methyl sites for hydroxylation is 1. The predicted molar refractivity (Wildman–Crippen MR) is 69.2 cm³/mol. The minimum absolute atomic E-state index is 0.153. The topological polar surface area (TPSA) is 64.3 Å². The fourth-order valence-electron chi connectivity index (χ4n) is 1.44. The molecule has 0 aliphatic rings. The molecule has 1 amide bonds. The van der Waals surface area contributed by atoms with Gasteiger partial charge in [-0.3, -0.25) is 4.79 Å². The molecule has 0 unspecified atom stereocenters. The number of benzene rings is 1. The van der Waals surface area contributed by atoms with E-state index in [0.29, 0.717) is 13.0 Å². The van der Waals surface area contributed by atoms with Gasteiger partial charge in [0.15, 0.2) is 0 Å². The Morgan fingerprint density at radius 3 is 2.71 bits per heavy atom. The first-order valence-corrected chi connectivity index (χ1v) is 5.88. The smallest absolute Gasteiger partial charge is 0.241 e. The molecule has 17 heavy (non-hydrogen) atoms. The number of hydrogen-bond donors (Lipinski definition) is 2. The van der Waals surface area contributed by atoms with Gasteiger partial charge in [0.2, 0.25) is 5.91 Å². The fraction of sp³-hybridized carbons (Fsp3) is 0.462. The molecule has 0 fully saturated rings. The lowest BCUT2D eigenvalue weighted by molar-refractivity contribution is -0.117. The van der Waals surface area contributed by atoms with E-state index in [2.05, 4.69) is 5.32 Å². The number of anilines is 1. The van der Waals surface area contributed by atoms with Gasteiger partial charge >= 0.3 is 0 Å². The maximum absolute atomic E-state index is 11.6. The maximum atomic E-state index is 11.6. The molecule has 0 saturated carbocycles. The average Bonchev–Trinajstić information content (AvgIpc) is 2.31. The van der Waals surface area contributed by atoms with Crippen molar-refractivity contribution in [2.24, 2.45) is 5.73 Å². The number of ether oxygens (including phenoxy) is 1. The van der Waals surface area contributed by atoms with Crippen LogP contribution in [0.1, 0.15) is 25.8 Å². The Morgan fingerprint density at radius 2 is 2.18 bits per heavy atom. The summed E-state index contributed by atoms with van der Waals surface area (Å²) in [7, 11) is 0. The number of amides is 1. The number of rotatable bonds is 5. The molecule has 1 aromatic carbocycles. The third-order valence-corrected chi connectivity index (χ3v) is 2.54. The summed E-state index contributed by atoms with van der Waals surface area (Å²) < 4.78 is 5.38. The molecule has 0 radical (unpaired) electrons. The molecule has 0 aliphatic heterocycles. The molecule has 0 bridgehead atoms. The first kappa shape index (κ1) is 13.5. The van der Waals surface area contributed by atoms with E-state index in [0.717, 1.165) is 17.0 Å². The first-order valence-electron chi connectivity index (χ1n) is 5.88. The Balaban J connectivity index is 2.75. The molecule has 4 heteroatoms. The zero-order valence-electron chi connectivity index (χ0n) is 10.6. The van der Waals surface area contributed by atoms with Crippen molar-refractivity contribution in [2.45, 2.75) is 33.2 Å². The zero-order chi connectivity index (χ0) is 12.8. The SMILES string of the molecule is CCOc1ccc(NC(=O)[C@@H](N)CC)c(C)c1.